The van der Waals surface area contributed by atoms with Crippen LogP contribution in [0.4, 0.5) is 0 Å². The summed E-state index contributed by atoms with van der Waals surface area (Å²) in [5.74, 6) is 1.20. The Labute approximate surface area is 54.8 Å². The highest BCUT2D eigenvalue weighted by atomic mass is 16.5. The zero-order chi connectivity index (χ0) is 6.27. The number of aliphatic hydroxyl groups excluding tert-OH is 1. The van der Waals surface area contributed by atoms with E-state index in [0.29, 0.717) is 24.5 Å². The third-order valence-electron chi connectivity index (χ3n) is 2.46. The largest absolute Gasteiger partial charge is 0.396 e. The van der Waals surface area contributed by atoms with E-state index in [4.69, 9.17) is 9.84 Å². The average molecular weight is 128 g/mol. The summed E-state index contributed by atoms with van der Waals surface area (Å²) in [6, 6.07) is 0. The molecule has 0 aromatic rings. The molecule has 0 unspecified atom stereocenters. The molecule has 52 valence electrons. The molecule has 1 saturated heterocycles. The molecule has 1 N–H and O–H groups in total. The fourth-order valence-corrected chi connectivity index (χ4v) is 1.81. The van der Waals surface area contributed by atoms with Crippen molar-refractivity contribution >= 4 is 0 Å². The van der Waals surface area contributed by atoms with Gasteiger partial charge in [0.05, 0.1) is 6.10 Å². The van der Waals surface area contributed by atoms with Gasteiger partial charge in [0.25, 0.3) is 0 Å². The minimum Gasteiger partial charge on any atom is -0.396 e. The fourth-order valence-electron chi connectivity index (χ4n) is 1.81. The van der Waals surface area contributed by atoms with Gasteiger partial charge >= 0.3 is 0 Å². The van der Waals surface area contributed by atoms with Gasteiger partial charge in [-0.25, -0.2) is 0 Å². The Morgan fingerprint density at radius 2 is 2.44 bits per heavy atom. The molecule has 2 nitrogen and oxygen atoms in total. The van der Waals surface area contributed by atoms with Crippen LogP contribution in [0, 0.1) is 11.8 Å². The number of fused-ring (bicyclic) bond motifs is 1. The topological polar surface area (TPSA) is 29.5 Å². The molecule has 0 bridgehead atoms. The molecular formula is C7H12O2. The molecule has 1 aliphatic heterocycles. The highest BCUT2D eigenvalue weighted by Gasteiger charge is 2.51. The van der Waals surface area contributed by atoms with E-state index in [0.717, 1.165) is 6.61 Å². The zero-order valence-corrected chi connectivity index (χ0v) is 5.42. The number of ether oxygens (including phenoxy) is 1. The van der Waals surface area contributed by atoms with E-state index in [2.05, 4.69) is 0 Å². The van der Waals surface area contributed by atoms with Crippen LogP contribution in [0.15, 0.2) is 0 Å². The monoisotopic (exact) mass is 128 g/mol. The molecule has 1 saturated carbocycles. The van der Waals surface area contributed by atoms with Crippen LogP contribution < -0.4 is 0 Å². The molecule has 0 aromatic carbocycles. The van der Waals surface area contributed by atoms with E-state index in [1.54, 1.807) is 0 Å². The van der Waals surface area contributed by atoms with Crippen LogP contribution in [0.25, 0.3) is 0 Å². The summed E-state index contributed by atoms with van der Waals surface area (Å²) in [6.07, 6.45) is 2.90. The van der Waals surface area contributed by atoms with E-state index in [9.17, 15) is 0 Å². The number of rotatable bonds is 1. The van der Waals surface area contributed by atoms with Crippen molar-refractivity contribution in [3.63, 3.8) is 0 Å². The van der Waals surface area contributed by atoms with Crippen molar-refractivity contribution in [3.8, 4) is 0 Å². The molecule has 2 rings (SSSR count). The van der Waals surface area contributed by atoms with Gasteiger partial charge in [-0.2, -0.15) is 0 Å². The van der Waals surface area contributed by atoms with Crippen molar-refractivity contribution in [1.29, 1.82) is 0 Å². The molecule has 1 heterocycles. The first-order valence-electron chi connectivity index (χ1n) is 3.66. The van der Waals surface area contributed by atoms with Gasteiger partial charge in [-0.05, 0) is 18.8 Å². The molecule has 0 radical (unpaired) electrons. The second-order valence-corrected chi connectivity index (χ2v) is 2.99. The predicted molar refractivity (Wildman–Crippen MR) is 33.0 cm³/mol. The Balaban J connectivity index is 1.91. The molecule has 9 heavy (non-hydrogen) atoms. The van der Waals surface area contributed by atoms with Crippen LogP contribution in [0.5, 0.6) is 0 Å². The molecule has 0 spiro atoms. The Hall–Kier alpha value is -0.0800. The molecule has 2 aliphatic rings. The van der Waals surface area contributed by atoms with E-state index < -0.39 is 0 Å². The molecule has 1 aliphatic carbocycles. The third-order valence-corrected chi connectivity index (χ3v) is 2.46. The highest BCUT2D eigenvalue weighted by Crippen LogP contribution is 2.47. The molecule has 0 aromatic heterocycles. The smallest absolute Gasteiger partial charge is 0.0661 e. The van der Waals surface area contributed by atoms with Crippen LogP contribution in [0.2, 0.25) is 0 Å². The quantitative estimate of drug-likeness (QED) is 0.554. The lowest BCUT2D eigenvalue weighted by Gasteiger charge is -2.07. The summed E-state index contributed by atoms with van der Waals surface area (Å²) < 4.78 is 5.40. The van der Waals surface area contributed by atoms with Crippen molar-refractivity contribution in [3.05, 3.63) is 0 Å². The Morgan fingerprint density at radius 3 is 3.00 bits per heavy atom. The average Bonchev–Trinajstić information content (AvgIpc) is 2.60. The van der Waals surface area contributed by atoms with Gasteiger partial charge in [-0.1, -0.05) is 0 Å². The third kappa shape index (κ3) is 0.775. The minimum absolute atomic E-state index is 0.329. The van der Waals surface area contributed by atoms with Crippen LogP contribution in [-0.2, 0) is 4.74 Å². The van der Waals surface area contributed by atoms with Gasteiger partial charge in [-0.3, -0.25) is 0 Å². The maximum absolute atomic E-state index is 8.76. The Morgan fingerprint density at radius 1 is 1.56 bits per heavy atom. The standard InChI is InChI=1S/C7H12O2/c8-4-6-5-2-1-3-9-7(5)6/h5-8H,1-4H2/t5-,6-,7+/m1/s1. The molecule has 2 heteroatoms. The molecule has 2 fully saturated rings. The van der Waals surface area contributed by atoms with E-state index >= 15 is 0 Å². The predicted octanol–water partition coefficient (Wildman–Crippen LogP) is 0.404. The van der Waals surface area contributed by atoms with Crippen molar-refractivity contribution in [1.82, 2.24) is 0 Å². The van der Waals surface area contributed by atoms with Crippen LogP contribution in [0.1, 0.15) is 12.8 Å². The SMILES string of the molecule is OC[C@@H]1[C@H]2CCCO[C@H]12. The molecule has 0 amide bonds. The lowest BCUT2D eigenvalue weighted by Crippen LogP contribution is -2.06. The van der Waals surface area contributed by atoms with Gasteiger partial charge < -0.3 is 9.84 Å². The van der Waals surface area contributed by atoms with Gasteiger partial charge in [0.2, 0.25) is 0 Å². The van der Waals surface area contributed by atoms with E-state index in [1.165, 1.54) is 12.8 Å². The van der Waals surface area contributed by atoms with E-state index in [1.807, 2.05) is 0 Å². The number of hydrogen-bond donors (Lipinski definition) is 1. The van der Waals surface area contributed by atoms with Crippen LogP contribution >= 0.6 is 0 Å². The second-order valence-electron chi connectivity index (χ2n) is 2.99. The molecule has 3 atom stereocenters. The van der Waals surface area contributed by atoms with E-state index in [-0.39, 0.29) is 0 Å². The number of hydrogen-bond acceptors (Lipinski definition) is 2. The summed E-state index contributed by atoms with van der Waals surface area (Å²) in [7, 11) is 0. The lowest BCUT2D eigenvalue weighted by atomic mass is 10.2. The molecular weight excluding hydrogens is 116 g/mol. The first kappa shape index (κ1) is 5.69. The summed E-state index contributed by atoms with van der Waals surface area (Å²) in [4.78, 5) is 0. The Bertz CT molecular complexity index is 94.7. The zero-order valence-electron chi connectivity index (χ0n) is 5.42. The summed E-state index contributed by atoms with van der Waals surface area (Å²) in [5.41, 5.74) is 0. The van der Waals surface area contributed by atoms with Gasteiger partial charge in [0.1, 0.15) is 0 Å². The minimum atomic E-state index is 0.329. The van der Waals surface area contributed by atoms with Crippen molar-refractivity contribution in [2.45, 2.75) is 18.9 Å². The summed E-state index contributed by atoms with van der Waals surface area (Å²) in [5, 5.41) is 8.76. The van der Waals surface area contributed by atoms with Crippen molar-refractivity contribution < 1.29 is 9.84 Å². The highest BCUT2D eigenvalue weighted by molar-refractivity contribution is 4.99. The lowest BCUT2D eigenvalue weighted by molar-refractivity contribution is 0.0716. The van der Waals surface area contributed by atoms with Gasteiger partial charge in [-0.15, -0.1) is 0 Å². The van der Waals surface area contributed by atoms with Crippen LogP contribution in [0.3, 0.4) is 0 Å². The first-order chi connectivity index (χ1) is 4.43. The summed E-state index contributed by atoms with van der Waals surface area (Å²) >= 11 is 0. The first-order valence-corrected chi connectivity index (χ1v) is 3.66. The Kier molecular flexibility index (Phi) is 1.24. The normalized spacial score (nSPS) is 48.3. The second kappa shape index (κ2) is 1.96. The van der Waals surface area contributed by atoms with Crippen molar-refractivity contribution in [2.75, 3.05) is 13.2 Å². The summed E-state index contributed by atoms with van der Waals surface area (Å²) in [6.45, 7) is 1.24. The fraction of sp³-hybridized carbons (Fsp3) is 1.00. The maximum Gasteiger partial charge on any atom is 0.0661 e. The van der Waals surface area contributed by atoms with Crippen LogP contribution in [-0.4, -0.2) is 24.4 Å². The number of aliphatic hydroxyl groups is 1. The maximum atomic E-state index is 8.76. The van der Waals surface area contributed by atoms with Gasteiger partial charge in [0, 0.05) is 19.1 Å². The van der Waals surface area contributed by atoms with Gasteiger partial charge in [0.15, 0.2) is 0 Å². The van der Waals surface area contributed by atoms with Crippen molar-refractivity contribution in [2.24, 2.45) is 11.8 Å².